The molecule has 0 aliphatic carbocycles. The van der Waals surface area contributed by atoms with Gasteiger partial charge in [0.2, 0.25) is 0 Å². The zero-order valence-electron chi connectivity index (χ0n) is 6.92. The molecule has 0 radical (unpaired) electrons. The van der Waals surface area contributed by atoms with Gasteiger partial charge in [0, 0.05) is 9.32 Å². The van der Waals surface area contributed by atoms with Crippen molar-refractivity contribution in [3.63, 3.8) is 0 Å². The molecule has 0 amide bonds. The monoisotopic (exact) mass is 250 g/mol. The van der Waals surface area contributed by atoms with Gasteiger partial charge in [-0.25, -0.2) is 0 Å². The first-order chi connectivity index (χ1) is 6.36. The highest BCUT2D eigenvalue weighted by Gasteiger charge is 1.79. The van der Waals surface area contributed by atoms with Crippen molar-refractivity contribution in [2.24, 2.45) is 0 Å². The number of rotatable bonds is 0. The van der Waals surface area contributed by atoms with E-state index in [1.54, 1.807) is 6.26 Å². The molecule has 1 aromatic rings. The quantitative estimate of drug-likeness (QED) is 0.474. The van der Waals surface area contributed by atoms with Gasteiger partial charge in [-0.1, -0.05) is 0 Å². The van der Waals surface area contributed by atoms with Gasteiger partial charge in [0.15, 0.2) is 0 Å². The van der Waals surface area contributed by atoms with E-state index in [0.717, 1.165) is 5.76 Å². The van der Waals surface area contributed by atoms with E-state index in [4.69, 9.17) is 32.4 Å². The van der Waals surface area contributed by atoms with E-state index in [9.17, 15) is 0 Å². The molecule has 7 nitrogen and oxygen atoms in total. The summed E-state index contributed by atoms with van der Waals surface area (Å²) in [6.07, 6.45) is 1.66. The van der Waals surface area contributed by atoms with Gasteiger partial charge < -0.3 is 23.1 Å². The molecule has 9 heteroatoms. The molecule has 0 saturated carbocycles. The summed E-state index contributed by atoms with van der Waals surface area (Å²) in [5.41, 5.74) is 0. The van der Waals surface area contributed by atoms with Gasteiger partial charge in [0.05, 0.1) is 6.26 Å². The summed E-state index contributed by atoms with van der Waals surface area (Å²) in [6, 6.07) is 3.79. The molecule has 1 aromatic heterocycles. The minimum Gasteiger partial charge on any atom is -0.470 e. The molecule has 2 N–H and O–H groups in total. The normalized spacial score (nSPS) is 8.93. The molecule has 1 heterocycles. The topological polar surface area (TPSA) is 146 Å². The van der Waals surface area contributed by atoms with Crippen LogP contribution in [-0.2, 0) is 0 Å². The summed E-state index contributed by atoms with van der Waals surface area (Å²) in [5, 5.41) is 0. The van der Waals surface area contributed by atoms with Crippen LogP contribution < -0.4 is 18.6 Å². The van der Waals surface area contributed by atoms with Crippen LogP contribution in [0.3, 0.4) is 0 Å². The summed E-state index contributed by atoms with van der Waals surface area (Å²) >= 11 is 0. The third-order valence-corrected chi connectivity index (χ3v) is 0.663. The fraction of sp³-hybridized carbons (Fsp3) is 0.200. The Morgan fingerprint density at radius 3 is 1.57 bits per heavy atom. The number of halogens is 2. The Balaban J connectivity index is 0. The molecule has 0 bridgehead atoms. The fourth-order valence-electron chi connectivity index (χ4n) is 0.361. The first-order valence-corrected chi connectivity index (χ1v) is 4.76. The highest BCUT2D eigenvalue weighted by Crippen LogP contribution is 1.93. The molecule has 84 valence electrons. The van der Waals surface area contributed by atoms with E-state index in [-0.39, 0.29) is 0 Å². The average molecular weight is 251 g/mol. The number of aryl methyl sites for hydroxylation is 1. The van der Waals surface area contributed by atoms with Crippen LogP contribution in [0.5, 0.6) is 0 Å². The minimum atomic E-state index is -2.60. The maximum atomic E-state index is 8.52. The second-order valence-electron chi connectivity index (χ2n) is 1.63. The van der Waals surface area contributed by atoms with Crippen molar-refractivity contribution < 1.29 is 53.9 Å². The van der Waals surface area contributed by atoms with E-state index >= 15 is 0 Å². The van der Waals surface area contributed by atoms with Crippen LogP contribution in [0.1, 0.15) is 5.76 Å². The number of furan rings is 1. The largest absolute Gasteiger partial charge is 0.470 e. The Morgan fingerprint density at radius 1 is 1.14 bits per heavy atom. The molecule has 0 aliphatic rings. The zero-order chi connectivity index (χ0) is 11.6. The van der Waals surface area contributed by atoms with Crippen molar-refractivity contribution in [3.8, 4) is 0 Å². The van der Waals surface area contributed by atoms with Crippen molar-refractivity contribution in [1.29, 1.82) is 0 Å². The van der Waals surface area contributed by atoms with Gasteiger partial charge in [-0.2, -0.15) is 0 Å². The van der Waals surface area contributed by atoms with E-state index in [2.05, 4.69) is 0 Å². The van der Waals surface area contributed by atoms with Crippen LogP contribution in [0.25, 0.3) is 0 Å². The number of hydrogen-bond acceptors (Lipinski definition) is 7. The van der Waals surface area contributed by atoms with Crippen LogP contribution in [0.15, 0.2) is 22.8 Å². The molecule has 0 aliphatic heterocycles. The SMILES string of the molecule is Cc1ccco1.[O-][Cl+2]([O-])O.[O-][Cl+2]([O-])O. The summed E-state index contributed by atoms with van der Waals surface area (Å²) in [7, 11) is -5.20. The van der Waals surface area contributed by atoms with Crippen molar-refractivity contribution in [1.82, 2.24) is 0 Å². The van der Waals surface area contributed by atoms with Gasteiger partial charge in [-0.15, -0.1) is 0 Å². The lowest BCUT2D eigenvalue weighted by atomic mass is 10.5. The smallest absolute Gasteiger partial charge is 0.282 e. The third kappa shape index (κ3) is 29.9. The molecule has 14 heavy (non-hydrogen) atoms. The average Bonchev–Trinajstić information content (AvgIpc) is 2.36. The summed E-state index contributed by atoms with van der Waals surface area (Å²) in [5.74, 6) is 0.968. The Hall–Kier alpha value is -0.380. The lowest BCUT2D eigenvalue weighted by molar-refractivity contribution is -1.63. The highest BCUT2D eigenvalue weighted by molar-refractivity contribution is 4.93. The molecule has 0 unspecified atom stereocenters. The van der Waals surface area contributed by atoms with Gasteiger partial charge in [0.1, 0.15) is 5.76 Å². The summed E-state index contributed by atoms with van der Waals surface area (Å²) < 4.78 is 52.8. The standard InChI is InChI=1S/C5H6O.2ClHO3/c1-5-3-2-4-6-5;2*2-1(3)4/h2-4H,1H3;2*2H. The Morgan fingerprint density at radius 2 is 1.50 bits per heavy atom. The lowest BCUT2D eigenvalue weighted by Crippen LogP contribution is -2.30. The van der Waals surface area contributed by atoms with Gasteiger partial charge in [-0.3, -0.25) is 0 Å². The van der Waals surface area contributed by atoms with E-state index in [1.165, 1.54) is 0 Å². The third-order valence-electron chi connectivity index (χ3n) is 0.663. The van der Waals surface area contributed by atoms with Crippen molar-refractivity contribution in [2.45, 2.75) is 6.92 Å². The molecular weight excluding hydrogens is 243 g/mol. The van der Waals surface area contributed by atoms with Crippen LogP contribution in [-0.4, -0.2) is 9.32 Å². The van der Waals surface area contributed by atoms with Crippen molar-refractivity contribution >= 4 is 0 Å². The van der Waals surface area contributed by atoms with E-state index in [0.29, 0.717) is 0 Å². The molecule has 1 rings (SSSR count). The Kier molecular flexibility index (Phi) is 12.3. The van der Waals surface area contributed by atoms with Gasteiger partial charge in [0.25, 0.3) is 21.6 Å². The maximum absolute atomic E-state index is 8.52. The Labute approximate surface area is 85.6 Å². The fourth-order valence-corrected chi connectivity index (χ4v) is 0.361. The second-order valence-corrected chi connectivity index (χ2v) is 2.43. The molecular formula is C5H8Cl2O7. The van der Waals surface area contributed by atoms with Crippen molar-refractivity contribution in [3.05, 3.63) is 24.2 Å². The minimum absolute atomic E-state index is 0.968. The van der Waals surface area contributed by atoms with Crippen LogP contribution in [0.4, 0.5) is 0 Å². The van der Waals surface area contributed by atoms with E-state index in [1.807, 2.05) is 19.1 Å². The number of hydrogen-bond donors (Lipinski definition) is 2. The van der Waals surface area contributed by atoms with Crippen LogP contribution in [0, 0.1) is 28.5 Å². The highest BCUT2D eigenvalue weighted by atomic mass is 35.6. The lowest BCUT2D eigenvalue weighted by Gasteiger charge is -1.72. The van der Waals surface area contributed by atoms with Gasteiger partial charge >= 0.3 is 0 Å². The maximum Gasteiger partial charge on any atom is 0.282 e. The first-order valence-electron chi connectivity index (χ1n) is 2.85. The summed E-state index contributed by atoms with van der Waals surface area (Å²) in [6.45, 7) is 1.92. The van der Waals surface area contributed by atoms with Crippen LogP contribution in [0.2, 0.25) is 0 Å². The van der Waals surface area contributed by atoms with Crippen molar-refractivity contribution in [2.75, 3.05) is 0 Å². The predicted octanol–water partition coefficient (Wildman–Crippen LogP) is -4.28. The molecule has 0 saturated heterocycles. The molecule has 0 atom stereocenters. The zero-order valence-corrected chi connectivity index (χ0v) is 8.44. The second kappa shape index (κ2) is 10.7. The van der Waals surface area contributed by atoms with E-state index < -0.39 is 21.6 Å². The molecule has 0 fully saturated rings. The molecule has 0 spiro atoms. The Bertz CT molecular complexity index is 176. The predicted molar refractivity (Wildman–Crippen MR) is 27.9 cm³/mol. The first kappa shape index (κ1) is 16.1. The van der Waals surface area contributed by atoms with Crippen LogP contribution >= 0.6 is 0 Å². The summed E-state index contributed by atoms with van der Waals surface area (Å²) in [4.78, 5) is 0. The molecule has 0 aromatic carbocycles. The van der Waals surface area contributed by atoms with Gasteiger partial charge in [-0.05, 0) is 19.1 Å².